The van der Waals surface area contributed by atoms with Gasteiger partial charge in [-0.05, 0) is 49.2 Å². The molecule has 3 aromatic rings. The summed E-state index contributed by atoms with van der Waals surface area (Å²) in [6.07, 6.45) is 4.08. The van der Waals surface area contributed by atoms with E-state index in [1.807, 2.05) is 54.7 Å². The van der Waals surface area contributed by atoms with Crippen LogP contribution in [0.2, 0.25) is 0 Å². The van der Waals surface area contributed by atoms with Crippen molar-refractivity contribution in [2.75, 3.05) is 30.1 Å². The second-order valence-corrected chi connectivity index (χ2v) is 7.62. The second kappa shape index (κ2) is 7.83. The van der Waals surface area contributed by atoms with Gasteiger partial charge in [-0.25, -0.2) is 4.98 Å². The van der Waals surface area contributed by atoms with E-state index in [2.05, 4.69) is 35.6 Å². The lowest BCUT2D eigenvalue weighted by molar-refractivity contribution is -0.113. The number of pyridine rings is 1. The molecule has 0 bridgehead atoms. The first-order valence-corrected chi connectivity index (χ1v) is 9.67. The molecular weight excluding hydrogens is 344 g/mol. The minimum Gasteiger partial charge on any atom is -0.378 e. The highest BCUT2D eigenvalue weighted by Crippen LogP contribution is 2.22. The number of thioether (sulfide) groups is 1. The van der Waals surface area contributed by atoms with E-state index in [-0.39, 0.29) is 5.91 Å². The zero-order valence-electron chi connectivity index (χ0n) is 15.6. The van der Waals surface area contributed by atoms with Gasteiger partial charge in [-0.15, -0.1) is 11.8 Å². The standard InChI is InChI=1S/C20H24N4OS/c1-14-5-8-19-21-16(11-24(19)10-14)12-26-13-20(25)22-18-7-6-17(23(3)4)9-15(18)2/h5-11H,12-13H2,1-4H3,(H,22,25). The van der Waals surface area contributed by atoms with Crippen molar-refractivity contribution in [2.24, 2.45) is 0 Å². The first kappa shape index (κ1) is 18.3. The van der Waals surface area contributed by atoms with Crippen molar-refractivity contribution >= 4 is 34.7 Å². The summed E-state index contributed by atoms with van der Waals surface area (Å²) in [5.41, 5.74) is 6.17. The molecule has 0 aliphatic carbocycles. The Bertz CT molecular complexity index is 933. The van der Waals surface area contributed by atoms with Crippen LogP contribution < -0.4 is 10.2 Å². The molecule has 2 aromatic heterocycles. The summed E-state index contributed by atoms with van der Waals surface area (Å²) in [5.74, 6) is 1.13. The Kier molecular flexibility index (Phi) is 5.52. The Balaban J connectivity index is 1.53. The first-order chi connectivity index (χ1) is 12.4. The van der Waals surface area contributed by atoms with Crippen LogP contribution in [0.3, 0.4) is 0 Å². The van der Waals surface area contributed by atoms with Crippen LogP contribution in [-0.4, -0.2) is 35.1 Å². The van der Waals surface area contributed by atoms with Crippen molar-refractivity contribution in [1.29, 1.82) is 0 Å². The van der Waals surface area contributed by atoms with Gasteiger partial charge in [0.15, 0.2) is 0 Å². The summed E-state index contributed by atoms with van der Waals surface area (Å²) in [7, 11) is 4.01. The minimum atomic E-state index is 0.00955. The molecule has 0 saturated heterocycles. The van der Waals surface area contributed by atoms with Gasteiger partial charge in [0, 0.05) is 43.6 Å². The van der Waals surface area contributed by atoms with E-state index in [0.717, 1.165) is 28.3 Å². The lowest BCUT2D eigenvalue weighted by Gasteiger charge is -2.15. The molecule has 2 heterocycles. The SMILES string of the molecule is Cc1ccc2nc(CSCC(=O)Nc3ccc(N(C)C)cc3C)cn2c1. The number of benzene rings is 1. The van der Waals surface area contributed by atoms with Crippen molar-refractivity contribution < 1.29 is 4.79 Å². The molecule has 1 aromatic carbocycles. The van der Waals surface area contributed by atoms with Crippen molar-refractivity contribution in [3.05, 3.63) is 59.5 Å². The van der Waals surface area contributed by atoms with E-state index in [1.54, 1.807) is 11.8 Å². The Morgan fingerprint density at radius 1 is 1.19 bits per heavy atom. The molecule has 1 N–H and O–H groups in total. The van der Waals surface area contributed by atoms with Crippen LogP contribution in [-0.2, 0) is 10.5 Å². The largest absolute Gasteiger partial charge is 0.378 e. The summed E-state index contributed by atoms with van der Waals surface area (Å²) in [5, 5.41) is 2.99. The summed E-state index contributed by atoms with van der Waals surface area (Å²) in [4.78, 5) is 18.8. The van der Waals surface area contributed by atoms with Crippen LogP contribution in [0.5, 0.6) is 0 Å². The number of carbonyl (C=O) groups is 1. The topological polar surface area (TPSA) is 49.6 Å². The lowest BCUT2D eigenvalue weighted by Crippen LogP contribution is -2.15. The average Bonchev–Trinajstić information content (AvgIpc) is 2.98. The third-order valence-corrected chi connectivity index (χ3v) is 5.10. The second-order valence-electron chi connectivity index (χ2n) is 6.64. The van der Waals surface area contributed by atoms with Gasteiger partial charge in [0.25, 0.3) is 0 Å². The highest BCUT2D eigenvalue weighted by molar-refractivity contribution is 7.99. The van der Waals surface area contributed by atoms with Crippen LogP contribution in [0, 0.1) is 13.8 Å². The van der Waals surface area contributed by atoms with Gasteiger partial charge in [-0.1, -0.05) is 6.07 Å². The fourth-order valence-electron chi connectivity index (χ4n) is 2.73. The van der Waals surface area contributed by atoms with Gasteiger partial charge in [-0.2, -0.15) is 0 Å². The van der Waals surface area contributed by atoms with E-state index in [9.17, 15) is 4.79 Å². The monoisotopic (exact) mass is 368 g/mol. The molecule has 136 valence electrons. The summed E-state index contributed by atoms with van der Waals surface area (Å²) in [6, 6.07) is 10.1. The number of nitrogens with zero attached hydrogens (tertiary/aromatic N) is 3. The van der Waals surface area contributed by atoms with Crippen molar-refractivity contribution in [1.82, 2.24) is 9.38 Å². The van der Waals surface area contributed by atoms with Gasteiger partial charge < -0.3 is 14.6 Å². The fourth-order valence-corrected chi connectivity index (χ4v) is 3.43. The molecule has 0 saturated carbocycles. The number of hydrogen-bond acceptors (Lipinski definition) is 4. The van der Waals surface area contributed by atoms with Crippen LogP contribution in [0.4, 0.5) is 11.4 Å². The van der Waals surface area contributed by atoms with Gasteiger partial charge in [0.05, 0.1) is 11.4 Å². The quantitative estimate of drug-likeness (QED) is 0.717. The molecule has 5 nitrogen and oxygen atoms in total. The molecule has 3 rings (SSSR count). The number of carbonyl (C=O) groups excluding carboxylic acids is 1. The number of fused-ring (bicyclic) bond motifs is 1. The third kappa shape index (κ3) is 4.38. The molecule has 0 spiro atoms. The van der Waals surface area contributed by atoms with Gasteiger partial charge in [0.2, 0.25) is 5.91 Å². The molecule has 0 radical (unpaired) electrons. The van der Waals surface area contributed by atoms with Gasteiger partial charge in [0.1, 0.15) is 5.65 Å². The zero-order chi connectivity index (χ0) is 18.7. The number of rotatable bonds is 6. The van der Waals surface area contributed by atoms with Crippen LogP contribution in [0.15, 0.2) is 42.7 Å². The number of hydrogen-bond donors (Lipinski definition) is 1. The maximum atomic E-state index is 12.2. The van der Waals surface area contributed by atoms with E-state index >= 15 is 0 Å². The van der Waals surface area contributed by atoms with Gasteiger partial charge in [-0.3, -0.25) is 4.79 Å². The molecule has 0 unspecified atom stereocenters. The number of aryl methyl sites for hydroxylation is 2. The summed E-state index contributed by atoms with van der Waals surface area (Å²) >= 11 is 1.57. The molecular formula is C20H24N4OS. The summed E-state index contributed by atoms with van der Waals surface area (Å²) < 4.78 is 2.03. The predicted octanol–water partition coefficient (Wildman–Crippen LogP) is 3.89. The Morgan fingerprint density at radius 2 is 2.00 bits per heavy atom. The van der Waals surface area contributed by atoms with Gasteiger partial charge >= 0.3 is 0 Å². The lowest BCUT2D eigenvalue weighted by atomic mass is 10.1. The molecule has 0 fully saturated rings. The fraction of sp³-hybridized carbons (Fsp3) is 0.300. The van der Waals surface area contributed by atoms with E-state index < -0.39 is 0 Å². The number of aromatic nitrogens is 2. The molecule has 26 heavy (non-hydrogen) atoms. The first-order valence-electron chi connectivity index (χ1n) is 8.52. The average molecular weight is 369 g/mol. The third-order valence-electron chi connectivity index (χ3n) is 4.13. The predicted molar refractivity (Wildman–Crippen MR) is 110 cm³/mol. The Morgan fingerprint density at radius 3 is 2.73 bits per heavy atom. The maximum Gasteiger partial charge on any atom is 0.234 e. The summed E-state index contributed by atoms with van der Waals surface area (Å²) in [6.45, 7) is 4.07. The Labute approximate surface area is 158 Å². The smallest absolute Gasteiger partial charge is 0.234 e. The van der Waals surface area contributed by atoms with Crippen LogP contribution in [0.25, 0.3) is 5.65 Å². The van der Waals surface area contributed by atoms with Crippen molar-refractivity contribution in [3.63, 3.8) is 0 Å². The van der Waals surface area contributed by atoms with E-state index in [1.165, 1.54) is 5.56 Å². The molecule has 1 amide bonds. The Hall–Kier alpha value is -2.47. The van der Waals surface area contributed by atoms with Crippen LogP contribution >= 0.6 is 11.8 Å². The zero-order valence-corrected chi connectivity index (χ0v) is 16.4. The number of amides is 1. The van der Waals surface area contributed by atoms with Crippen LogP contribution in [0.1, 0.15) is 16.8 Å². The number of imidazole rings is 1. The highest BCUT2D eigenvalue weighted by atomic mass is 32.2. The highest BCUT2D eigenvalue weighted by Gasteiger charge is 2.08. The molecule has 0 atom stereocenters. The van der Waals surface area contributed by atoms with E-state index in [4.69, 9.17) is 0 Å². The maximum absolute atomic E-state index is 12.2. The van der Waals surface area contributed by atoms with E-state index in [0.29, 0.717) is 11.5 Å². The number of nitrogens with one attached hydrogen (secondary N) is 1. The number of anilines is 2. The van der Waals surface area contributed by atoms with Crippen molar-refractivity contribution in [3.8, 4) is 0 Å². The van der Waals surface area contributed by atoms with Crippen molar-refractivity contribution in [2.45, 2.75) is 19.6 Å². The molecule has 0 aliphatic rings. The normalized spacial score (nSPS) is 10.9. The minimum absolute atomic E-state index is 0.00955. The molecule has 0 aliphatic heterocycles. The molecule has 6 heteroatoms.